The first-order chi connectivity index (χ1) is 16.3. The number of rotatable bonds is 12. The molecular weight excluding hydrogens is 479 g/mol. The molecule has 0 amide bonds. The predicted octanol–water partition coefficient (Wildman–Crippen LogP) is 1.13. The second-order valence-corrected chi connectivity index (χ2v) is 10.4. The molecule has 6 unspecified atom stereocenters. The summed E-state index contributed by atoms with van der Waals surface area (Å²) in [5.74, 6) is -0.770. The van der Waals surface area contributed by atoms with E-state index in [0.717, 1.165) is 17.5 Å². The van der Waals surface area contributed by atoms with Gasteiger partial charge in [0, 0.05) is 5.92 Å². The maximum Gasteiger partial charge on any atom is 1.00 e. The fraction of sp³-hybridized carbons (Fsp3) is 0.538. The van der Waals surface area contributed by atoms with Gasteiger partial charge in [-0.2, -0.15) is 0 Å². The van der Waals surface area contributed by atoms with E-state index in [1.54, 1.807) is 0 Å². The summed E-state index contributed by atoms with van der Waals surface area (Å²) in [5.41, 5.74) is 1.97. The molecule has 188 valence electrons. The van der Waals surface area contributed by atoms with Crippen LogP contribution in [0.4, 0.5) is 0 Å². The summed E-state index contributed by atoms with van der Waals surface area (Å²) in [4.78, 5) is 0. The zero-order valence-electron chi connectivity index (χ0n) is 21.0. The van der Waals surface area contributed by atoms with Gasteiger partial charge < -0.3 is 23.5 Å². The second kappa shape index (κ2) is 14.8. The van der Waals surface area contributed by atoms with Crippen LogP contribution >= 0.6 is 0 Å². The fourth-order valence-electron chi connectivity index (χ4n) is 3.90. The van der Waals surface area contributed by atoms with Gasteiger partial charge in [0.25, 0.3) is 0 Å². The van der Waals surface area contributed by atoms with Crippen molar-refractivity contribution in [2.75, 3.05) is 12.4 Å². The van der Waals surface area contributed by atoms with Gasteiger partial charge in [-0.15, -0.1) is 0 Å². The fourth-order valence-corrected chi connectivity index (χ4v) is 4.68. The maximum atomic E-state index is 11.6. The van der Waals surface area contributed by atoms with Crippen molar-refractivity contribution in [3.63, 3.8) is 0 Å². The molecule has 1 heterocycles. The molecule has 0 aromatic heterocycles. The molecule has 9 heteroatoms. The molecule has 0 saturated carbocycles. The standard InChI is InChI=1S/C26H36O7S.Na/c1-4-19(2)15-32-26-25(31-17-22-13-9-6-10-14-22)24(30-16-21-11-7-5-8-12-21)20(3)23(33-26)18-34(27,28)29;/h5-14,19-20,23-26H,4,15-18H2,1-3H3,(H,27,28,29);/q;+1/p-1. The summed E-state index contributed by atoms with van der Waals surface area (Å²) in [6.07, 6.45) is -1.94. The Labute approximate surface area is 231 Å². The summed E-state index contributed by atoms with van der Waals surface area (Å²) in [6.45, 7) is 7.02. The third-order valence-corrected chi connectivity index (χ3v) is 6.92. The second-order valence-electron chi connectivity index (χ2n) is 9.00. The Morgan fingerprint density at radius 2 is 1.43 bits per heavy atom. The Balaban J connectivity index is 0.00000432. The first-order valence-electron chi connectivity index (χ1n) is 11.8. The molecule has 0 spiro atoms. The monoisotopic (exact) mass is 514 g/mol. The molecule has 2 aromatic rings. The minimum Gasteiger partial charge on any atom is -0.748 e. The molecule has 6 atom stereocenters. The van der Waals surface area contributed by atoms with E-state index in [1.807, 2.05) is 67.6 Å². The van der Waals surface area contributed by atoms with Gasteiger partial charge in [-0.05, 0) is 17.0 Å². The van der Waals surface area contributed by atoms with Crippen LogP contribution in [0.1, 0.15) is 38.3 Å². The number of hydrogen-bond donors (Lipinski definition) is 0. The zero-order chi connectivity index (χ0) is 24.6. The van der Waals surface area contributed by atoms with E-state index in [9.17, 15) is 13.0 Å². The minimum atomic E-state index is -4.51. The van der Waals surface area contributed by atoms with Gasteiger partial charge in [-0.25, -0.2) is 8.42 Å². The van der Waals surface area contributed by atoms with Crippen LogP contribution in [0.3, 0.4) is 0 Å². The average Bonchev–Trinajstić information content (AvgIpc) is 2.82. The number of ether oxygens (including phenoxy) is 4. The van der Waals surface area contributed by atoms with Gasteiger partial charge in [0.2, 0.25) is 0 Å². The van der Waals surface area contributed by atoms with Crippen LogP contribution in [0, 0.1) is 11.8 Å². The Kier molecular flexibility index (Phi) is 12.9. The average molecular weight is 515 g/mol. The van der Waals surface area contributed by atoms with Crippen molar-refractivity contribution >= 4 is 10.1 Å². The van der Waals surface area contributed by atoms with Crippen LogP contribution in [-0.2, 0) is 42.3 Å². The molecule has 1 aliphatic heterocycles. The molecule has 3 rings (SSSR count). The molecule has 1 fully saturated rings. The van der Waals surface area contributed by atoms with Crippen LogP contribution < -0.4 is 29.6 Å². The normalized spacial score (nSPS) is 25.5. The van der Waals surface area contributed by atoms with Crippen molar-refractivity contribution in [2.24, 2.45) is 11.8 Å². The zero-order valence-corrected chi connectivity index (χ0v) is 23.9. The summed E-state index contributed by atoms with van der Waals surface area (Å²) < 4.78 is 59.5. The Bertz CT molecular complexity index is 958. The number of hydrogen-bond acceptors (Lipinski definition) is 7. The summed E-state index contributed by atoms with van der Waals surface area (Å²) in [7, 11) is -4.51. The molecule has 1 aliphatic rings. The number of benzene rings is 2. The topological polar surface area (TPSA) is 94.1 Å². The molecule has 0 bridgehead atoms. The third kappa shape index (κ3) is 9.87. The smallest absolute Gasteiger partial charge is 0.748 e. The van der Waals surface area contributed by atoms with Crippen molar-refractivity contribution in [2.45, 2.75) is 65.0 Å². The molecule has 1 saturated heterocycles. The van der Waals surface area contributed by atoms with Gasteiger partial charge in [-0.1, -0.05) is 87.9 Å². The van der Waals surface area contributed by atoms with Crippen LogP contribution in [0.2, 0.25) is 0 Å². The van der Waals surface area contributed by atoms with Crippen LogP contribution in [0.5, 0.6) is 0 Å². The van der Waals surface area contributed by atoms with E-state index in [2.05, 4.69) is 13.8 Å². The van der Waals surface area contributed by atoms with Crippen molar-refractivity contribution < 1.29 is 61.5 Å². The Morgan fingerprint density at radius 1 is 0.914 bits per heavy atom. The minimum absolute atomic E-state index is 0. The van der Waals surface area contributed by atoms with Gasteiger partial charge in [0.15, 0.2) is 6.29 Å². The van der Waals surface area contributed by atoms with Gasteiger partial charge in [-0.3, -0.25) is 0 Å². The molecule has 0 radical (unpaired) electrons. The molecular formula is C26H35NaO7S. The molecule has 7 nitrogen and oxygen atoms in total. The Hall–Kier alpha value is -0.810. The van der Waals surface area contributed by atoms with E-state index in [1.165, 1.54) is 0 Å². The summed E-state index contributed by atoms with van der Waals surface area (Å²) >= 11 is 0. The van der Waals surface area contributed by atoms with Crippen molar-refractivity contribution in [1.82, 2.24) is 0 Å². The van der Waals surface area contributed by atoms with Crippen molar-refractivity contribution in [1.29, 1.82) is 0 Å². The van der Waals surface area contributed by atoms with Gasteiger partial charge >= 0.3 is 29.6 Å². The SMILES string of the molecule is CCC(C)COC1OC(CS(=O)(=O)[O-])C(C)C(OCc2ccccc2)C1OCc1ccccc1.[Na+]. The van der Waals surface area contributed by atoms with E-state index < -0.39 is 46.4 Å². The molecule has 0 aliphatic carbocycles. The largest absolute Gasteiger partial charge is 1.00 e. The molecule has 2 aromatic carbocycles. The quantitative estimate of drug-likeness (QED) is 0.310. The third-order valence-electron chi connectivity index (χ3n) is 6.19. The van der Waals surface area contributed by atoms with Gasteiger partial charge in [0.05, 0.1) is 47.9 Å². The van der Waals surface area contributed by atoms with Crippen LogP contribution in [0.15, 0.2) is 60.7 Å². The van der Waals surface area contributed by atoms with Crippen molar-refractivity contribution in [3.05, 3.63) is 71.8 Å². The van der Waals surface area contributed by atoms with Crippen molar-refractivity contribution in [3.8, 4) is 0 Å². The van der Waals surface area contributed by atoms with E-state index in [4.69, 9.17) is 18.9 Å². The first-order valence-corrected chi connectivity index (χ1v) is 13.4. The maximum absolute atomic E-state index is 11.6. The Morgan fingerprint density at radius 3 is 1.91 bits per heavy atom. The van der Waals surface area contributed by atoms with E-state index in [-0.39, 0.29) is 35.5 Å². The van der Waals surface area contributed by atoms with E-state index >= 15 is 0 Å². The van der Waals surface area contributed by atoms with E-state index in [0.29, 0.717) is 19.8 Å². The van der Waals surface area contributed by atoms with Gasteiger partial charge in [0.1, 0.15) is 6.10 Å². The predicted molar refractivity (Wildman–Crippen MR) is 128 cm³/mol. The first kappa shape index (κ1) is 30.4. The summed E-state index contributed by atoms with van der Waals surface area (Å²) in [5, 5.41) is 0. The summed E-state index contributed by atoms with van der Waals surface area (Å²) in [6, 6.07) is 19.5. The van der Waals surface area contributed by atoms with Crippen LogP contribution in [-0.4, -0.2) is 49.9 Å². The van der Waals surface area contributed by atoms with Crippen LogP contribution in [0.25, 0.3) is 0 Å². The molecule has 0 N–H and O–H groups in total. The molecule has 35 heavy (non-hydrogen) atoms.